The first-order valence-corrected chi connectivity index (χ1v) is 8.67. The summed E-state index contributed by atoms with van der Waals surface area (Å²) >= 11 is 0. The van der Waals surface area contributed by atoms with Crippen LogP contribution in [0, 0.1) is 0 Å². The van der Waals surface area contributed by atoms with Gasteiger partial charge in [-0.3, -0.25) is 4.99 Å². The quantitative estimate of drug-likeness (QED) is 0.648. The molecule has 0 atom stereocenters. The fourth-order valence-corrected chi connectivity index (χ4v) is 2.64. The number of hydrogen-bond donors (Lipinski definition) is 1. The minimum Gasteiger partial charge on any atom is -0.507 e. The van der Waals surface area contributed by atoms with E-state index in [9.17, 15) is 5.11 Å². The molecule has 1 N–H and O–H groups in total. The van der Waals surface area contributed by atoms with Crippen molar-refractivity contribution < 1.29 is 5.11 Å². The van der Waals surface area contributed by atoms with Crippen molar-refractivity contribution >= 4 is 18.0 Å². The zero-order valence-electron chi connectivity index (χ0n) is 16.2. The molecular formula is C23H29NO. The minimum atomic E-state index is -0.142. The molecule has 0 amide bonds. The van der Waals surface area contributed by atoms with Gasteiger partial charge in [0.05, 0.1) is 5.69 Å². The minimum absolute atomic E-state index is 0.000946. The van der Waals surface area contributed by atoms with Crippen LogP contribution in [0.3, 0.4) is 0 Å². The number of aliphatic imine (C=N–C) groups is 1. The number of phenols is 1. The second kappa shape index (κ2) is 6.87. The van der Waals surface area contributed by atoms with Crippen molar-refractivity contribution in [2.24, 2.45) is 4.99 Å². The van der Waals surface area contributed by atoms with Crippen molar-refractivity contribution in [3.05, 3.63) is 65.2 Å². The summed E-state index contributed by atoms with van der Waals surface area (Å²) in [5.41, 5.74) is 4.61. The van der Waals surface area contributed by atoms with Gasteiger partial charge in [0.2, 0.25) is 0 Å². The third-order valence-corrected chi connectivity index (χ3v) is 4.27. The third kappa shape index (κ3) is 4.60. The first-order valence-electron chi connectivity index (χ1n) is 8.67. The molecule has 2 aromatic carbocycles. The number of nitrogens with zero attached hydrogens (tertiary/aromatic N) is 1. The summed E-state index contributed by atoms with van der Waals surface area (Å²) in [5.74, 6) is 0.309. The van der Waals surface area contributed by atoms with Crippen LogP contribution in [0.5, 0.6) is 5.75 Å². The zero-order valence-corrected chi connectivity index (χ0v) is 16.2. The first-order chi connectivity index (χ1) is 11.5. The maximum absolute atomic E-state index is 10.8. The van der Waals surface area contributed by atoms with Gasteiger partial charge in [-0.25, -0.2) is 0 Å². The molecule has 0 fully saturated rings. The van der Waals surface area contributed by atoms with Crippen LogP contribution in [0.15, 0.2) is 48.0 Å². The van der Waals surface area contributed by atoms with Gasteiger partial charge in [-0.1, -0.05) is 72.4 Å². The second-order valence-corrected chi connectivity index (χ2v) is 8.52. The number of benzene rings is 2. The largest absolute Gasteiger partial charge is 0.507 e. The van der Waals surface area contributed by atoms with Crippen LogP contribution in [0.2, 0.25) is 0 Å². The summed E-state index contributed by atoms with van der Waals surface area (Å²) in [6, 6.07) is 12.0. The molecule has 0 aliphatic carbocycles. The van der Waals surface area contributed by atoms with E-state index in [1.165, 1.54) is 5.56 Å². The molecule has 0 unspecified atom stereocenters. The molecule has 2 nitrogen and oxygen atoms in total. The normalized spacial score (nSPS) is 12.6. The smallest absolute Gasteiger partial charge is 0.128 e. The molecule has 2 rings (SSSR count). The van der Waals surface area contributed by atoms with Crippen LogP contribution in [-0.4, -0.2) is 11.3 Å². The van der Waals surface area contributed by atoms with Crippen molar-refractivity contribution in [2.45, 2.75) is 52.4 Å². The fraction of sp³-hybridized carbons (Fsp3) is 0.348. The highest BCUT2D eigenvalue weighted by Crippen LogP contribution is 2.37. The molecule has 0 radical (unpaired) electrons. The summed E-state index contributed by atoms with van der Waals surface area (Å²) in [6.07, 6.45) is 3.55. The first kappa shape index (κ1) is 19.0. The zero-order chi connectivity index (χ0) is 18.8. The molecule has 2 heteroatoms. The SMILES string of the molecule is C=Cc1cccc(N=Cc2cc(C(C)(C)C)cc(C(C)(C)C)c2O)c1. The average molecular weight is 335 g/mol. The predicted octanol–water partition coefficient (Wildman–Crippen LogP) is 6.38. The molecule has 0 aromatic heterocycles. The van der Waals surface area contributed by atoms with Crippen molar-refractivity contribution in [2.75, 3.05) is 0 Å². The molecule has 0 saturated carbocycles. The van der Waals surface area contributed by atoms with Gasteiger partial charge in [-0.2, -0.15) is 0 Å². The second-order valence-electron chi connectivity index (χ2n) is 8.52. The summed E-state index contributed by atoms with van der Waals surface area (Å²) < 4.78 is 0. The maximum atomic E-state index is 10.8. The Morgan fingerprint density at radius 3 is 2.20 bits per heavy atom. The molecule has 0 heterocycles. The summed E-state index contributed by atoms with van der Waals surface area (Å²) in [6.45, 7) is 16.7. The lowest BCUT2D eigenvalue weighted by atomic mass is 9.79. The van der Waals surface area contributed by atoms with Crippen LogP contribution in [0.4, 0.5) is 5.69 Å². The standard InChI is InChI=1S/C23H29NO/c1-8-16-10-9-11-19(12-16)24-15-17-13-18(22(2,3)4)14-20(21(17)25)23(5,6)7/h8-15,25H,1H2,2-7H3. The predicted molar refractivity (Wildman–Crippen MR) is 109 cm³/mol. The molecule has 25 heavy (non-hydrogen) atoms. The van der Waals surface area contributed by atoms with E-state index in [0.717, 1.165) is 22.4 Å². The highest BCUT2D eigenvalue weighted by molar-refractivity contribution is 5.87. The van der Waals surface area contributed by atoms with E-state index < -0.39 is 0 Å². The highest BCUT2D eigenvalue weighted by Gasteiger charge is 2.24. The Labute approximate surface area is 152 Å². The lowest BCUT2D eigenvalue weighted by molar-refractivity contribution is 0.444. The van der Waals surface area contributed by atoms with E-state index >= 15 is 0 Å². The molecule has 0 aliphatic heterocycles. The van der Waals surface area contributed by atoms with Crippen LogP contribution in [0.25, 0.3) is 6.08 Å². The Balaban J connectivity index is 2.55. The van der Waals surface area contributed by atoms with Gasteiger partial charge in [0, 0.05) is 17.3 Å². The van der Waals surface area contributed by atoms with Crippen LogP contribution < -0.4 is 0 Å². The molecule has 0 spiro atoms. The van der Waals surface area contributed by atoms with Gasteiger partial charge >= 0.3 is 0 Å². The average Bonchev–Trinajstić information content (AvgIpc) is 2.51. The van der Waals surface area contributed by atoms with Crippen LogP contribution in [-0.2, 0) is 10.8 Å². The van der Waals surface area contributed by atoms with Crippen molar-refractivity contribution in [1.29, 1.82) is 0 Å². The molecular weight excluding hydrogens is 306 g/mol. The van der Waals surface area contributed by atoms with E-state index in [-0.39, 0.29) is 10.8 Å². The van der Waals surface area contributed by atoms with Gasteiger partial charge in [0.1, 0.15) is 5.75 Å². The van der Waals surface area contributed by atoms with Crippen molar-refractivity contribution in [1.82, 2.24) is 0 Å². The molecule has 132 valence electrons. The lowest BCUT2D eigenvalue weighted by Crippen LogP contribution is -2.17. The van der Waals surface area contributed by atoms with Crippen LogP contribution in [0.1, 0.15) is 63.8 Å². The highest BCUT2D eigenvalue weighted by atomic mass is 16.3. The van der Waals surface area contributed by atoms with Gasteiger partial charge in [0.25, 0.3) is 0 Å². The van der Waals surface area contributed by atoms with Crippen molar-refractivity contribution in [3.8, 4) is 5.75 Å². The number of rotatable bonds is 3. The van der Waals surface area contributed by atoms with E-state index in [2.05, 4.69) is 59.2 Å². The summed E-state index contributed by atoms with van der Waals surface area (Å²) in [5, 5.41) is 10.8. The van der Waals surface area contributed by atoms with Gasteiger partial charge in [0.15, 0.2) is 0 Å². The topological polar surface area (TPSA) is 32.6 Å². The van der Waals surface area contributed by atoms with E-state index in [1.54, 1.807) is 12.3 Å². The van der Waals surface area contributed by atoms with Crippen molar-refractivity contribution in [3.63, 3.8) is 0 Å². The Kier molecular flexibility index (Phi) is 5.22. The number of phenolic OH excluding ortho intramolecular Hbond substituents is 1. The van der Waals surface area contributed by atoms with E-state index in [4.69, 9.17) is 0 Å². The van der Waals surface area contributed by atoms with E-state index in [0.29, 0.717) is 5.75 Å². The third-order valence-electron chi connectivity index (χ3n) is 4.27. The summed E-state index contributed by atoms with van der Waals surface area (Å²) in [7, 11) is 0. The van der Waals surface area contributed by atoms with Gasteiger partial charge in [-0.05, 0) is 40.2 Å². The summed E-state index contributed by atoms with van der Waals surface area (Å²) in [4.78, 5) is 4.56. The molecule has 0 saturated heterocycles. The Morgan fingerprint density at radius 2 is 1.64 bits per heavy atom. The van der Waals surface area contributed by atoms with E-state index in [1.807, 2.05) is 30.3 Å². The molecule has 0 aliphatic rings. The van der Waals surface area contributed by atoms with Gasteiger partial charge < -0.3 is 5.11 Å². The van der Waals surface area contributed by atoms with Gasteiger partial charge in [-0.15, -0.1) is 0 Å². The van der Waals surface area contributed by atoms with Crippen LogP contribution >= 0.6 is 0 Å². The Hall–Kier alpha value is -2.35. The number of aromatic hydroxyl groups is 1. The monoisotopic (exact) mass is 335 g/mol. The number of hydrogen-bond acceptors (Lipinski definition) is 2. The molecule has 2 aromatic rings. The maximum Gasteiger partial charge on any atom is 0.128 e. The fourth-order valence-electron chi connectivity index (χ4n) is 2.64. The lowest BCUT2D eigenvalue weighted by Gasteiger charge is -2.26. The Morgan fingerprint density at radius 1 is 0.960 bits per heavy atom. The Bertz CT molecular complexity index is 802. The molecule has 0 bridgehead atoms.